The van der Waals surface area contributed by atoms with Crippen molar-refractivity contribution < 1.29 is 14.1 Å². The maximum atomic E-state index is 12.4. The van der Waals surface area contributed by atoms with Gasteiger partial charge in [0.1, 0.15) is 5.75 Å². The normalized spacial score (nSPS) is 10.4. The summed E-state index contributed by atoms with van der Waals surface area (Å²) in [5, 5.41) is 10.2. The van der Waals surface area contributed by atoms with E-state index in [9.17, 15) is 4.79 Å². The molecule has 4 rings (SSSR count). The molecule has 6 nitrogen and oxygen atoms in total. The molecule has 6 heteroatoms. The first-order valence-corrected chi connectivity index (χ1v) is 9.51. The lowest BCUT2D eigenvalue weighted by Crippen LogP contribution is -2.14. The van der Waals surface area contributed by atoms with Gasteiger partial charge in [-0.1, -0.05) is 23.4 Å². The highest BCUT2D eigenvalue weighted by Crippen LogP contribution is 2.23. The number of rotatable bonds is 7. The Bertz CT molecular complexity index is 1100. The average molecular weight is 399 g/mol. The number of hydrogen-bond donors (Lipinski definition) is 2. The smallest absolute Gasteiger partial charge is 0.230 e. The van der Waals surface area contributed by atoms with Gasteiger partial charge in [0.2, 0.25) is 5.91 Å². The van der Waals surface area contributed by atoms with Gasteiger partial charge in [0.15, 0.2) is 5.76 Å². The van der Waals surface area contributed by atoms with E-state index in [1.165, 1.54) is 0 Å². The van der Waals surface area contributed by atoms with Crippen molar-refractivity contribution in [1.29, 1.82) is 0 Å². The number of ether oxygens (including phenoxy) is 1. The lowest BCUT2D eigenvalue weighted by atomic mass is 10.1. The highest BCUT2D eigenvalue weighted by Gasteiger charge is 2.11. The van der Waals surface area contributed by atoms with Crippen molar-refractivity contribution in [2.24, 2.45) is 0 Å². The molecule has 0 atom stereocenters. The van der Waals surface area contributed by atoms with Gasteiger partial charge in [0.25, 0.3) is 0 Å². The number of amides is 1. The standard InChI is InChI=1S/C24H21N3O3/c1-29-22-13-7-17(8-14-22)23-15-21(27-30-23)16-24(28)26-20-11-9-19(10-12-20)25-18-5-3-2-4-6-18/h2-15,25H,16H2,1H3,(H,26,28). The van der Waals surface area contributed by atoms with E-state index in [4.69, 9.17) is 9.26 Å². The van der Waals surface area contributed by atoms with Crippen LogP contribution in [-0.2, 0) is 11.2 Å². The van der Waals surface area contributed by atoms with Crippen LogP contribution in [0, 0.1) is 0 Å². The number of carbonyl (C=O) groups excluding carboxylic acids is 1. The van der Waals surface area contributed by atoms with Crippen molar-refractivity contribution in [1.82, 2.24) is 5.16 Å². The zero-order valence-electron chi connectivity index (χ0n) is 16.5. The van der Waals surface area contributed by atoms with Crippen LogP contribution in [0.4, 0.5) is 17.1 Å². The summed E-state index contributed by atoms with van der Waals surface area (Å²) in [5.41, 5.74) is 4.11. The van der Waals surface area contributed by atoms with Crippen molar-refractivity contribution in [2.45, 2.75) is 6.42 Å². The Morgan fingerprint density at radius 1 is 0.900 bits per heavy atom. The summed E-state index contributed by atoms with van der Waals surface area (Å²) in [5.74, 6) is 1.22. The topological polar surface area (TPSA) is 76.4 Å². The highest BCUT2D eigenvalue weighted by molar-refractivity contribution is 5.92. The van der Waals surface area contributed by atoms with Gasteiger partial charge in [-0.3, -0.25) is 4.79 Å². The molecule has 150 valence electrons. The average Bonchev–Trinajstić information content (AvgIpc) is 3.24. The minimum Gasteiger partial charge on any atom is -0.497 e. The maximum absolute atomic E-state index is 12.4. The number of benzene rings is 3. The molecule has 30 heavy (non-hydrogen) atoms. The first-order chi connectivity index (χ1) is 14.7. The predicted octanol–water partition coefficient (Wildman–Crippen LogP) is 5.28. The molecular formula is C24H21N3O3. The number of para-hydroxylation sites is 1. The number of nitrogens with zero attached hydrogens (tertiary/aromatic N) is 1. The van der Waals surface area contributed by atoms with Crippen LogP contribution in [0.25, 0.3) is 11.3 Å². The number of hydrogen-bond acceptors (Lipinski definition) is 5. The fourth-order valence-corrected chi connectivity index (χ4v) is 2.98. The van der Waals surface area contributed by atoms with Crippen LogP contribution in [-0.4, -0.2) is 18.2 Å². The van der Waals surface area contributed by atoms with Crippen LogP contribution in [0.2, 0.25) is 0 Å². The van der Waals surface area contributed by atoms with E-state index in [0.717, 1.165) is 28.4 Å². The monoisotopic (exact) mass is 399 g/mol. The lowest BCUT2D eigenvalue weighted by molar-refractivity contribution is -0.115. The summed E-state index contributed by atoms with van der Waals surface area (Å²) >= 11 is 0. The van der Waals surface area contributed by atoms with E-state index in [1.54, 1.807) is 13.2 Å². The Morgan fingerprint density at radius 2 is 1.57 bits per heavy atom. The van der Waals surface area contributed by atoms with Crippen molar-refractivity contribution in [3.05, 3.63) is 90.6 Å². The van der Waals surface area contributed by atoms with Gasteiger partial charge in [-0.15, -0.1) is 0 Å². The van der Waals surface area contributed by atoms with Gasteiger partial charge < -0.3 is 19.9 Å². The molecule has 1 aromatic heterocycles. The lowest BCUT2D eigenvalue weighted by Gasteiger charge is -2.08. The highest BCUT2D eigenvalue weighted by atomic mass is 16.5. The van der Waals surface area contributed by atoms with Crippen LogP contribution >= 0.6 is 0 Å². The third-order valence-electron chi connectivity index (χ3n) is 4.51. The molecule has 0 spiro atoms. The minimum absolute atomic E-state index is 0.129. The zero-order valence-corrected chi connectivity index (χ0v) is 16.5. The van der Waals surface area contributed by atoms with Crippen LogP contribution in [0.1, 0.15) is 5.69 Å². The molecule has 3 aromatic carbocycles. The number of aromatic nitrogens is 1. The minimum atomic E-state index is -0.159. The SMILES string of the molecule is COc1ccc(-c2cc(CC(=O)Nc3ccc(Nc4ccccc4)cc3)no2)cc1. The van der Waals surface area contributed by atoms with Crippen LogP contribution in [0.3, 0.4) is 0 Å². The van der Waals surface area contributed by atoms with E-state index in [-0.39, 0.29) is 12.3 Å². The Balaban J connectivity index is 1.34. The Hall–Kier alpha value is -4.06. The van der Waals surface area contributed by atoms with Crippen LogP contribution < -0.4 is 15.4 Å². The Morgan fingerprint density at radius 3 is 2.27 bits per heavy atom. The number of anilines is 3. The number of carbonyl (C=O) groups is 1. The molecule has 0 aliphatic heterocycles. The van der Waals surface area contributed by atoms with E-state index >= 15 is 0 Å². The molecule has 0 unspecified atom stereocenters. The molecule has 0 fully saturated rings. The van der Waals surface area contributed by atoms with E-state index in [2.05, 4.69) is 15.8 Å². The predicted molar refractivity (Wildman–Crippen MR) is 117 cm³/mol. The fraction of sp³-hybridized carbons (Fsp3) is 0.0833. The molecule has 0 radical (unpaired) electrons. The molecule has 1 amide bonds. The van der Waals surface area contributed by atoms with E-state index in [0.29, 0.717) is 11.5 Å². The molecule has 0 saturated heterocycles. The largest absolute Gasteiger partial charge is 0.497 e. The summed E-state index contributed by atoms with van der Waals surface area (Å²) < 4.78 is 10.5. The first-order valence-electron chi connectivity index (χ1n) is 9.51. The maximum Gasteiger partial charge on any atom is 0.230 e. The molecule has 0 bridgehead atoms. The second kappa shape index (κ2) is 8.96. The fourth-order valence-electron chi connectivity index (χ4n) is 2.98. The van der Waals surface area contributed by atoms with Gasteiger partial charge in [0, 0.05) is 28.7 Å². The molecule has 2 N–H and O–H groups in total. The Kier molecular flexibility index (Phi) is 5.75. The van der Waals surface area contributed by atoms with Crippen LogP contribution in [0.15, 0.2) is 89.5 Å². The molecule has 0 saturated carbocycles. The summed E-state index contributed by atoms with van der Waals surface area (Å²) in [6, 6.07) is 26.7. The van der Waals surface area contributed by atoms with Gasteiger partial charge in [-0.2, -0.15) is 0 Å². The zero-order chi connectivity index (χ0) is 20.8. The second-order valence-electron chi connectivity index (χ2n) is 6.70. The molecule has 4 aromatic rings. The molecule has 0 aliphatic carbocycles. The summed E-state index contributed by atoms with van der Waals surface area (Å²) in [6.45, 7) is 0. The van der Waals surface area contributed by atoms with Crippen molar-refractivity contribution >= 4 is 23.0 Å². The Labute approximate surface area is 174 Å². The number of nitrogens with one attached hydrogen (secondary N) is 2. The summed E-state index contributed by atoms with van der Waals surface area (Å²) in [4.78, 5) is 12.4. The van der Waals surface area contributed by atoms with Gasteiger partial charge >= 0.3 is 0 Å². The molecule has 0 aliphatic rings. The molecule has 1 heterocycles. The summed E-state index contributed by atoms with van der Waals surface area (Å²) in [6.07, 6.45) is 0.129. The third-order valence-corrected chi connectivity index (χ3v) is 4.51. The van der Waals surface area contributed by atoms with Crippen molar-refractivity contribution in [3.63, 3.8) is 0 Å². The summed E-state index contributed by atoms with van der Waals surface area (Å²) in [7, 11) is 1.62. The van der Waals surface area contributed by atoms with Gasteiger partial charge in [-0.25, -0.2) is 0 Å². The molecular weight excluding hydrogens is 378 g/mol. The van der Waals surface area contributed by atoms with E-state index < -0.39 is 0 Å². The van der Waals surface area contributed by atoms with Crippen molar-refractivity contribution in [3.8, 4) is 17.1 Å². The van der Waals surface area contributed by atoms with Gasteiger partial charge in [0.05, 0.1) is 19.2 Å². The first kappa shape index (κ1) is 19.3. The quantitative estimate of drug-likeness (QED) is 0.442. The van der Waals surface area contributed by atoms with E-state index in [1.807, 2.05) is 78.9 Å². The van der Waals surface area contributed by atoms with Gasteiger partial charge in [-0.05, 0) is 60.7 Å². The third kappa shape index (κ3) is 4.86. The van der Waals surface area contributed by atoms with Crippen molar-refractivity contribution in [2.75, 3.05) is 17.7 Å². The second-order valence-corrected chi connectivity index (χ2v) is 6.70. The number of methoxy groups -OCH3 is 1. The van der Waals surface area contributed by atoms with Crippen LogP contribution in [0.5, 0.6) is 5.75 Å².